The normalized spacial score (nSPS) is 11.6. The molecule has 0 unspecified atom stereocenters. The number of anilines is 1. The monoisotopic (exact) mass is 268 g/mol. The third-order valence-electron chi connectivity index (χ3n) is 2.39. The average Bonchev–Trinajstić information content (AvgIpc) is 2.77. The first-order valence-corrected chi connectivity index (χ1v) is 7.15. The number of aromatic nitrogens is 1. The number of unbranched alkanes of at least 4 members (excludes halogenated alkanes) is 2. The van der Waals surface area contributed by atoms with Gasteiger partial charge in [-0.25, -0.2) is 9.78 Å². The molecular formula is C13H20N2O2S. The Kier molecular flexibility index (Phi) is 6.43. The molecule has 1 rings (SSSR count). The van der Waals surface area contributed by atoms with E-state index in [4.69, 9.17) is 10.5 Å². The number of hydrogen-bond donors (Lipinski definition) is 1. The zero-order valence-electron chi connectivity index (χ0n) is 10.9. The maximum atomic E-state index is 12.0. The molecule has 1 aromatic rings. The molecule has 0 bridgehead atoms. The van der Waals surface area contributed by atoms with Gasteiger partial charge in [0.2, 0.25) is 0 Å². The van der Waals surface area contributed by atoms with Crippen molar-refractivity contribution in [3.8, 4) is 0 Å². The third-order valence-corrected chi connectivity index (χ3v) is 3.06. The van der Waals surface area contributed by atoms with Crippen LogP contribution in [0.4, 0.5) is 5.13 Å². The van der Waals surface area contributed by atoms with Gasteiger partial charge in [-0.1, -0.05) is 32.8 Å². The highest BCUT2D eigenvalue weighted by atomic mass is 32.1. The molecule has 0 aliphatic rings. The predicted molar refractivity (Wildman–Crippen MR) is 75.3 cm³/mol. The Morgan fingerprint density at radius 2 is 2.28 bits per heavy atom. The molecule has 0 aromatic carbocycles. The van der Waals surface area contributed by atoms with Crippen LogP contribution in [0.3, 0.4) is 0 Å². The minimum atomic E-state index is -0.304. The number of rotatable bonds is 7. The molecule has 0 radical (unpaired) electrons. The van der Waals surface area contributed by atoms with Gasteiger partial charge in [0.15, 0.2) is 5.13 Å². The van der Waals surface area contributed by atoms with Gasteiger partial charge < -0.3 is 10.5 Å². The van der Waals surface area contributed by atoms with Crippen LogP contribution in [-0.2, 0) is 9.53 Å². The van der Waals surface area contributed by atoms with E-state index < -0.39 is 0 Å². The van der Waals surface area contributed by atoms with E-state index >= 15 is 0 Å². The highest BCUT2D eigenvalue weighted by molar-refractivity contribution is 7.13. The zero-order valence-corrected chi connectivity index (χ0v) is 11.8. The number of carbonyl (C=O) groups is 1. The fourth-order valence-corrected chi connectivity index (χ4v) is 1.94. The van der Waals surface area contributed by atoms with E-state index in [1.807, 2.05) is 6.08 Å². The summed E-state index contributed by atoms with van der Waals surface area (Å²) >= 11 is 1.33. The summed E-state index contributed by atoms with van der Waals surface area (Å²) in [4.78, 5) is 16.1. The van der Waals surface area contributed by atoms with Crippen molar-refractivity contribution in [1.82, 2.24) is 4.98 Å². The van der Waals surface area contributed by atoms with Crippen LogP contribution in [-0.4, -0.2) is 17.6 Å². The number of thiazole rings is 1. The topological polar surface area (TPSA) is 65.2 Å². The Hall–Kier alpha value is -1.36. The third kappa shape index (κ3) is 4.49. The molecule has 0 saturated heterocycles. The lowest BCUT2D eigenvalue weighted by Crippen LogP contribution is -2.09. The van der Waals surface area contributed by atoms with Crippen molar-refractivity contribution in [2.45, 2.75) is 39.5 Å². The zero-order chi connectivity index (χ0) is 13.4. The number of nitrogen functional groups attached to an aromatic ring is 1. The summed E-state index contributed by atoms with van der Waals surface area (Å²) in [6.07, 6.45) is 5.57. The van der Waals surface area contributed by atoms with E-state index in [-0.39, 0.29) is 5.97 Å². The van der Waals surface area contributed by atoms with Gasteiger partial charge >= 0.3 is 5.97 Å². The van der Waals surface area contributed by atoms with Gasteiger partial charge in [0, 0.05) is 5.38 Å². The van der Waals surface area contributed by atoms with Crippen LogP contribution in [0, 0.1) is 0 Å². The Balaban J connectivity index is 2.75. The molecule has 5 heteroatoms. The molecule has 0 fully saturated rings. The summed E-state index contributed by atoms with van der Waals surface area (Å²) in [5.74, 6) is -0.304. The first kappa shape index (κ1) is 14.7. The Morgan fingerprint density at radius 3 is 2.83 bits per heavy atom. The van der Waals surface area contributed by atoms with Crippen molar-refractivity contribution in [2.75, 3.05) is 12.3 Å². The first-order valence-electron chi connectivity index (χ1n) is 6.27. The number of nitrogens with zero attached hydrogens (tertiary/aromatic N) is 1. The van der Waals surface area contributed by atoms with Crippen LogP contribution < -0.4 is 5.73 Å². The fraction of sp³-hybridized carbons (Fsp3) is 0.538. The Morgan fingerprint density at radius 1 is 1.50 bits per heavy atom. The summed E-state index contributed by atoms with van der Waals surface area (Å²) < 4.78 is 5.22. The second-order valence-corrected chi connectivity index (χ2v) is 4.86. The second-order valence-electron chi connectivity index (χ2n) is 3.97. The van der Waals surface area contributed by atoms with Gasteiger partial charge in [0.1, 0.15) is 0 Å². The lowest BCUT2D eigenvalue weighted by molar-refractivity contribution is -0.136. The smallest absolute Gasteiger partial charge is 0.340 e. The number of hydrogen-bond acceptors (Lipinski definition) is 5. The quantitative estimate of drug-likeness (QED) is 0.468. The second kappa shape index (κ2) is 7.87. The molecule has 0 spiro atoms. The van der Waals surface area contributed by atoms with Crippen molar-refractivity contribution in [1.29, 1.82) is 0 Å². The number of esters is 1. The minimum Gasteiger partial charge on any atom is -0.462 e. The van der Waals surface area contributed by atoms with Gasteiger partial charge in [-0.2, -0.15) is 0 Å². The molecule has 1 aromatic heterocycles. The van der Waals surface area contributed by atoms with Crippen LogP contribution in [0.25, 0.3) is 5.57 Å². The molecule has 0 amide bonds. The van der Waals surface area contributed by atoms with E-state index in [1.165, 1.54) is 11.3 Å². The molecule has 2 N–H and O–H groups in total. The van der Waals surface area contributed by atoms with E-state index in [0.717, 1.165) is 25.7 Å². The van der Waals surface area contributed by atoms with Gasteiger partial charge in [0.25, 0.3) is 0 Å². The minimum absolute atomic E-state index is 0.304. The van der Waals surface area contributed by atoms with Crippen LogP contribution in [0.15, 0.2) is 11.5 Å². The van der Waals surface area contributed by atoms with E-state index in [1.54, 1.807) is 5.38 Å². The Labute approximate surface area is 112 Å². The summed E-state index contributed by atoms with van der Waals surface area (Å²) in [5.41, 5.74) is 6.74. The number of allylic oxidation sites excluding steroid dienone is 1. The SMILES string of the molecule is CCCC=C(C(=O)OCCCC)c1csc(N)n1. The number of ether oxygens (including phenoxy) is 1. The van der Waals surface area contributed by atoms with E-state index in [0.29, 0.717) is 23.0 Å². The molecule has 0 atom stereocenters. The summed E-state index contributed by atoms with van der Waals surface area (Å²) in [7, 11) is 0. The van der Waals surface area contributed by atoms with Gasteiger partial charge in [-0.05, 0) is 12.8 Å². The largest absolute Gasteiger partial charge is 0.462 e. The van der Waals surface area contributed by atoms with Crippen LogP contribution >= 0.6 is 11.3 Å². The van der Waals surface area contributed by atoms with Crippen molar-refractivity contribution < 1.29 is 9.53 Å². The highest BCUT2D eigenvalue weighted by Gasteiger charge is 2.15. The Bertz CT molecular complexity index is 413. The highest BCUT2D eigenvalue weighted by Crippen LogP contribution is 2.21. The molecule has 4 nitrogen and oxygen atoms in total. The summed E-state index contributed by atoms with van der Waals surface area (Å²) in [5, 5.41) is 2.26. The van der Waals surface area contributed by atoms with Crippen molar-refractivity contribution in [3.05, 3.63) is 17.2 Å². The summed E-state index contributed by atoms with van der Waals surface area (Å²) in [6, 6.07) is 0. The van der Waals surface area contributed by atoms with Gasteiger partial charge in [0.05, 0.1) is 17.9 Å². The van der Waals surface area contributed by atoms with Crippen LogP contribution in [0.5, 0.6) is 0 Å². The molecule has 1 heterocycles. The predicted octanol–water partition coefficient (Wildman–Crippen LogP) is 3.25. The van der Waals surface area contributed by atoms with Gasteiger partial charge in [-0.15, -0.1) is 11.3 Å². The number of nitrogens with two attached hydrogens (primary N) is 1. The van der Waals surface area contributed by atoms with Gasteiger partial charge in [-0.3, -0.25) is 0 Å². The fourth-order valence-electron chi connectivity index (χ4n) is 1.38. The average molecular weight is 268 g/mol. The first-order chi connectivity index (χ1) is 8.69. The maximum absolute atomic E-state index is 12.0. The standard InChI is InChI=1S/C13H20N2O2S/c1-3-5-7-10(11-9-18-13(14)15-11)12(16)17-8-6-4-2/h7,9H,3-6,8H2,1-2H3,(H2,14,15). The van der Waals surface area contributed by atoms with Crippen molar-refractivity contribution in [3.63, 3.8) is 0 Å². The maximum Gasteiger partial charge on any atom is 0.340 e. The van der Waals surface area contributed by atoms with E-state index in [9.17, 15) is 4.79 Å². The molecule has 18 heavy (non-hydrogen) atoms. The van der Waals surface area contributed by atoms with Crippen molar-refractivity contribution in [2.24, 2.45) is 0 Å². The molecule has 100 valence electrons. The lowest BCUT2D eigenvalue weighted by Gasteiger charge is -2.06. The molecule has 0 saturated carbocycles. The number of carbonyl (C=O) groups excluding carboxylic acids is 1. The van der Waals surface area contributed by atoms with Crippen LogP contribution in [0.2, 0.25) is 0 Å². The summed E-state index contributed by atoms with van der Waals surface area (Å²) in [6.45, 7) is 4.58. The molecule has 0 aliphatic carbocycles. The molecule has 0 aliphatic heterocycles. The van der Waals surface area contributed by atoms with Crippen LogP contribution in [0.1, 0.15) is 45.2 Å². The molecular weight excluding hydrogens is 248 g/mol. The van der Waals surface area contributed by atoms with Crippen molar-refractivity contribution >= 4 is 28.0 Å². The van der Waals surface area contributed by atoms with E-state index in [2.05, 4.69) is 18.8 Å². The lowest BCUT2D eigenvalue weighted by atomic mass is 10.1.